The molecule has 2 fully saturated rings. The molecule has 24 heavy (non-hydrogen) atoms. The Hall–Kier alpha value is -1.49. The van der Waals surface area contributed by atoms with Crippen LogP contribution in [0.15, 0.2) is 42.7 Å². The molecule has 2 aliphatic heterocycles. The van der Waals surface area contributed by atoms with Gasteiger partial charge in [0.15, 0.2) is 0 Å². The normalized spacial score (nSPS) is 22.7. The quantitative estimate of drug-likeness (QED) is 0.844. The molecule has 0 radical (unpaired) electrons. The van der Waals surface area contributed by atoms with Gasteiger partial charge in [-0.05, 0) is 35.7 Å². The second-order valence-electron chi connectivity index (χ2n) is 7.10. The van der Waals surface area contributed by atoms with E-state index < -0.39 is 0 Å². The molecule has 0 unspecified atom stereocenters. The maximum absolute atomic E-state index is 13.5. The van der Waals surface area contributed by atoms with E-state index in [1.165, 1.54) is 11.6 Å². The van der Waals surface area contributed by atoms with Crippen molar-refractivity contribution < 1.29 is 9.13 Å². The number of likely N-dealkylation sites (tertiary alicyclic amines) is 1. The molecule has 5 heteroatoms. The van der Waals surface area contributed by atoms with Crippen LogP contribution in [0.4, 0.5) is 4.39 Å². The molecular weight excluding hydrogens is 327 g/mol. The Bertz CT molecular complexity index is 719. The van der Waals surface area contributed by atoms with E-state index in [4.69, 9.17) is 16.3 Å². The summed E-state index contributed by atoms with van der Waals surface area (Å²) in [4.78, 5) is 6.51. The van der Waals surface area contributed by atoms with Crippen LogP contribution in [0.5, 0.6) is 0 Å². The molecule has 1 atom stereocenters. The number of halogens is 2. The summed E-state index contributed by atoms with van der Waals surface area (Å²) in [5, 5.41) is 0.182. The number of hydrogen-bond donors (Lipinski definition) is 0. The van der Waals surface area contributed by atoms with Crippen LogP contribution in [-0.2, 0) is 17.7 Å². The van der Waals surface area contributed by atoms with Gasteiger partial charge in [-0.1, -0.05) is 23.7 Å². The first-order valence-electron chi connectivity index (χ1n) is 8.29. The molecule has 0 saturated carbocycles. The maximum atomic E-state index is 13.5. The molecule has 1 aromatic carbocycles. The Kier molecular flexibility index (Phi) is 4.29. The average molecular weight is 347 g/mol. The van der Waals surface area contributed by atoms with E-state index in [9.17, 15) is 4.39 Å². The summed E-state index contributed by atoms with van der Waals surface area (Å²) in [6.45, 7) is 3.62. The fourth-order valence-corrected chi connectivity index (χ4v) is 4.06. The van der Waals surface area contributed by atoms with Gasteiger partial charge in [-0.2, -0.15) is 0 Å². The maximum Gasteiger partial charge on any atom is 0.142 e. The number of ether oxygens (including phenoxy) is 1. The number of benzene rings is 1. The highest BCUT2D eigenvalue weighted by Crippen LogP contribution is 2.42. The lowest BCUT2D eigenvalue weighted by molar-refractivity contribution is -0.0141. The smallest absolute Gasteiger partial charge is 0.142 e. The van der Waals surface area contributed by atoms with Crippen molar-refractivity contribution in [1.29, 1.82) is 0 Å². The molecule has 1 spiro atoms. The lowest BCUT2D eigenvalue weighted by Crippen LogP contribution is -2.56. The number of aromatic nitrogens is 1. The van der Waals surface area contributed by atoms with Gasteiger partial charge in [-0.15, -0.1) is 0 Å². The molecule has 0 N–H and O–H groups in total. The van der Waals surface area contributed by atoms with Crippen LogP contribution in [0.25, 0.3) is 0 Å². The van der Waals surface area contributed by atoms with Gasteiger partial charge in [-0.25, -0.2) is 4.39 Å². The molecule has 4 rings (SSSR count). The minimum Gasteiger partial charge on any atom is -0.377 e. The van der Waals surface area contributed by atoms with E-state index in [1.807, 2.05) is 18.3 Å². The average Bonchev–Trinajstić information content (AvgIpc) is 2.95. The first-order chi connectivity index (χ1) is 11.6. The third-order valence-electron chi connectivity index (χ3n) is 4.98. The van der Waals surface area contributed by atoms with E-state index in [0.717, 1.165) is 44.6 Å². The van der Waals surface area contributed by atoms with Gasteiger partial charge in [-0.3, -0.25) is 9.88 Å². The molecule has 2 saturated heterocycles. The van der Waals surface area contributed by atoms with Gasteiger partial charge in [0.1, 0.15) is 5.82 Å². The second-order valence-corrected chi connectivity index (χ2v) is 7.50. The monoisotopic (exact) mass is 346 g/mol. The topological polar surface area (TPSA) is 25.4 Å². The highest BCUT2D eigenvalue weighted by Gasteiger charge is 2.48. The molecule has 0 amide bonds. The Morgan fingerprint density at radius 3 is 2.92 bits per heavy atom. The number of rotatable bonds is 4. The summed E-state index contributed by atoms with van der Waals surface area (Å²) in [5.41, 5.74) is 2.47. The Balaban J connectivity index is 1.30. The SMILES string of the molecule is Fc1cc(CN2CC3(CO[C@@H](Cc4cccnc4)C3)C2)ccc1Cl. The van der Waals surface area contributed by atoms with E-state index in [2.05, 4.69) is 16.0 Å². The van der Waals surface area contributed by atoms with Crippen molar-refractivity contribution in [2.75, 3.05) is 19.7 Å². The first kappa shape index (κ1) is 16.0. The highest BCUT2D eigenvalue weighted by molar-refractivity contribution is 6.30. The van der Waals surface area contributed by atoms with Gasteiger partial charge < -0.3 is 4.74 Å². The molecule has 3 heterocycles. The first-order valence-corrected chi connectivity index (χ1v) is 8.67. The van der Waals surface area contributed by atoms with Crippen LogP contribution in [0.1, 0.15) is 17.5 Å². The third kappa shape index (κ3) is 3.32. The zero-order valence-corrected chi connectivity index (χ0v) is 14.2. The van der Waals surface area contributed by atoms with Gasteiger partial charge in [0.05, 0.1) is 17.7 Å². The molecule has 3 nitrogen and oxygen atoms in total. The predicted molar refractivity (Wildman–Crippen MR) is 91.4 cm³/mol. The summed E-state index contributed by atoms with van der Waals surface area (Å²) in [5.74, 6) is -0.342. The summed E-state index contributed by atoms with van der Waals surface area (Å²) in [6, 6.07) is 9.13. The standard InChI is InChI=1S/C19H20ClFN2O/c20-17-4-3-15(7-18(17)21)10-23-11-19(12-23)8-16(24-13-19)6-14-2-1-5-22-9-14/h1-5,7,9,16H,6,8,10-13H2/t16-/m0/s1. The van der Waals surface area contributed by atoms with E-state index in [1.54, 1.807) is 12.3 Å². The van der Waals surface area contributed by atoms with Crippen LogP contribution in [0, 0.1) is 11.2 Å². The van der Waals surface area contributed by atoms with Gasteiger partial charge in [0.25, 0.3) is 0 Å². The Labute approximate surface area is 146 Å². The van der Waals surface area contributed by atoms with E-state index >= 15 is 0 Å². The van der Waals surface area contributed by atoms with Crippen molar-refractivity contribution in [1.82, 2.24) is 9.88 Å². The fourth-order valence-electron chi connectivity index (χ4n) is 3.94. The van der Waals surface area contributed by atoms with Crippen LogP contribution in [-0.4, -0.2) is 35.7 Å². The van der Waals surface area contributed by atoms with Crippen LogP contribution >= 0.6 is 11.6 Å². The molecular formula is C19H20ClFN2O. The largest absolute Gasteiger partial charge is 0.377 e. The van der Waals surface area contributed by atoms with Crippen LogP contribution in [0.2, 0.25) is 5.02 Å². The lowest BCUT2D eigenvalue weighted by atomic mass is 9.77. The molecule has 0 aliphatic carbocycles. The minimum atomic E-state index is -0.342. The number of hydrogen-bond acceptors (Lipinski definition) is 3. The summed E-state index contributed by atoms with van der Waals surface area (Å²) < 4.78 is 19.5. The fraction of sp³-hybridized carbons (Fsp3) is 0.421. The molecule has 1 aromatic heterocycles. The number of nitrogens with zero attached hydrogens (tertiary/aromatic N) is 2. The zero-order chi connectivity index (χ0) is 16.6. The Morgan fingerprint density at radius 2 is 2.17 bits per heavy atom. The predicted octanol–water partition coefficient (Wildman–Crippen LogP) is 3.71. The van der Waals surface area contributed by atoms with Crippen molar-refractivity contribution in [2.45, 2.75) is 25.5 Å². The van der Waals surface area contributed by atoms with Crippen molar-refractivity contribution >= 4 is 11.6 Å². The van der Waals surface area contributed by atoms with E-state index in [0.29, 0.717) is 0 Å². The van der Waals surface area contributed by atoms with Crippen molar-refractivity contribution in [2.24, 2.45) is 5.41 Å². The van der Waals surface area contributed by atoms with Crippen molar-refractivity contribution in [3.63, 3.8) is 0 Å². The van der Waals surface area contributed by atoms with Crippen molar-refractivity contribution in [3.05, 3.63) is 64.7 Å². The van der Waals surface area contributed by atoms with Crippen LogP contribution in [0.3, 0.4) is 0 Å². The summed E-state index contributed by atoms with van der Waals surface area (Å²) in [7, 11) is 0. The molecule has 2 aliphatic rings. The zero-order valence-electron chi connectivity index (χ0n) is 13.4. The summed E-state index contributed by atoms with van der Waals surface area (Å²) >= 11 is 5.74. The van der Waals surface area contributed by atoms with Gasteiger partial charge in [0.2, 0.25) is 0 Å². The van der Waals surface area contributed by atoms with Gasteiger partial charge in [0, 0.05) is 43.9 Å². The summed E-state index contributed by atoms with van der Waals surface area (Å²) in [6.07, 6.45) is 6.01. The minimum absolute atomic E-state index is 0.182. The molecule has 0 bridgehead atoms. The second kappa shape index (κ2) is 6.43. The third-order valence-corrected chi connectivity index (χ3v) is 5.29. The molecule has 2 aromatic rings. The highest BCUT2D eigenvalue weighted by atomic mass is 35.5. The Morgan fingerprint density at radius 1 is 1.29 bits per heavy atom. The van der Waals surface area contributed by atoms with Crippen molar-refractivity contribution in [3.8, 4) is 0 Å². The van der Waals surface area contributed by atoms with E-state index in [-0.39, 0.29) is 22.4 Å². The molecule has 126 valence electrons. The number of pyridine rings is 1. The van der Waals surface area contributed by atoms with Crippen LogP contribution < -0.4 is 0 Å². The van der Waals surface area contributed by atoms with Gasteiger partial charge >= 0.3 is 0 Å². The lowest BCUT2D eigenvalue weighted by Gasteiger charge is -2.47.